The fourth-order valence-electron chi connectivity index (χ4n) is 3.74. The summed E-state index contributed by atoms with van der Waals surface area (Å²) in [6.45, 7) is 8.61. The Kier molecular flexibility index (Phi) is 6.13. The van der Waals surface area contributed by atoms with E-state index in [1.54, 1.807) is 0 Å². The summed E-state index contributed by atoms with van der Waals surface area (Å²) >= 11 is 0. The SMILES string of the molecule is CC1(C)OB(c2ccc(OCc3ccccc3)c(CC(=O)NC3CCC3)c2)OC1(C)C. The van der Waals surface area contributed by atoms with Crippen molar-refractivity contribution in [3.8, 4) is 5.75 Å². The smallest absolute Gasteiger partial charge is 0.489 e. The second kappa shape index (κ2) is 8.68. The minimum atomic E-state index is -0.471. The van der Waals surface area contributed by atoms with E-state index in [4.69, 9.17) is 14.0 Å². The molecule has 0 atom stereocenters. The molecule has 0 radical (unpaired) electrons. The molecule has 1 aliphatic heterocycles. The van der Waals surface area contributed by atoms with E-state index in [0.717, 1.165) is 29.4 Å². The van der Waals surface area contributed by atoms with Crippen LogP contribution in [0.3, 0.4) is 0 Å². The minimum absolute atomic E-state index is 0.0281. The zero-order valence-electron chi connectivity index (χ0n) is 18.9. The molecule has 0 unspecified atom stereocenters. The maximum absolute atomic E-state index is 12.7. The van der Waals surface area contributed by atoms with Gasteiger partial charge in [-0.1, -0.05) is 42.5 Å². The molecule has 2 fully saturated rings. The lowest BCUT2D eigenvalue weighted by molar-refractivity contribution is -0.121. The van der Waals surface area contributed by atoms with Crippen LogP contribution >= 0.6 is 0 Å². The first-order valence-electron chi connectivity index (χ1n) is 11.2. The van der Waals surface area contributed by atoms with Gasteiger partial charge in [-0.3, -0.25) is 4.79 Å². The van der Waals surface area contributed by atoms with Crippen LogP contribution in [0.15, 0.2) is 48.5 Å². The van der Waals surface area contributed by atoms with Gasteiger partial charge in [0.05, 0.1) is 17.6 Å². The summed E-state index contributed by atoms with van der Waals surface area (Å²) in [7, 11) is -0.471. The molecule has 6 heteroatoms. The van der Waals surface area contributed by atoms with E-state index >= 15 is 0 Å². The zero-order chi connectivity index (χ0) is 22.1. The maximum Gasteiger partial charge on any atom is 0.494 e. The highest BCUT2D eigenvalue weighted by molar-refractivity contribution is 6.62. The van der Waals surface area contributed by atoms with E-state index in [2.05, 4.69) is 5.32 Å². The van der Waals surface area contributed by atoms with Crippen LogP contribution in [0.2, 0.25) is 0 Å². The van der Waals surface area contributed by atoms with Crippen LogP contribution < -0.4 is 15.5 Å². The van der Waals surface area contributed by atoms with Gasteiger partial charge in [-0.25, -0.2) is 0 Å². The van der Waals surface area contributed by atoms with Gasteiger partial charge in [0.2, 0.25) is 5.91 Å². The Hall–Kier alpha value is -2.31. The molecule has 1 heterocycles. The molecule has 1 N–H and O–H groups in total. The van der Waals surface area contributed by atoms with Crippen molar-refractivity contribution >= 4 is 18.5 Å². The summed E-state index contributed by atoms with van der Waals surface area (Å²) < 4.78 is 18.5. The number of ether oxygens (including phenoxy) is 1. The second-order valence-corrected chi connectivity index (χ2v) is 9.60. The molecule has 5 nitrogen and oxygen atoms in total. The van der Waals surface area contributed by atoms with E-state index in [-0.39, 0.29) is 12.3 Å². The largest absolute Gasteiger partial charge is 0.494 e. The fourth-order valence-corrected chi connectivity index (χ4v) is 3.74. The summed E-state index contributed by atoms with van der Waals surface area (Å²) in [5.41, 5.74) is 2.00. The first-order chi connectivity index (χ1) is 14.7. The van der Waals surface area contributed by atoms with Crippen LogP contribution in [0.4, 0.5) is 0 Å². The van der Waals surface area contributed by atoms with E-state index in [1.807, 2.05) is 76.2 Å². The Balaban J connectivity index is 1.54. The molecular weight excluding hydrogens is 389 g/mol. The van der Waals surface area contributed by atoms with E-state index < -0.39 is 18.3 Å². The van der Waals surface area contributed by atoms with Gasteiger partial charge in [-0.2, -0.15) is 0 Å². The zero-order valence-corrected chi connectivity index (χ0v) is 18.9. The number of amides is 1. The highest BCUT2D eigenvalue weighted by Gasteiger charge is 2.51. The molecular formula is C25H32BNO4. The molecule has 1 saturated carbocycles. The molecule has 4 rings (SSSR count). The average molecular weight is 421 g/mol. The normalized spacial score (nSPS) is 19.7. The summed E-state index contributed by atoms with van der Waals surface area (Å²) in [4.78, 5) is 12.7. The Labute approximate surface area is 185 Å². The van der Waals surface area contributed by atoms with E-state index in [1.165, 1.54) is 6.42 Å². The molecule has 31 heavy (non-hydrogen) atoms. The molecule has 2 aliphatic rings. The Bertz CT molecular complexity index is 908. The van der Waals surface area contributed by atoms with Crippen molar-refractivity contribution in [1.29, 1.82) is 0 Å². The molecule has 0 spiro atoms. The third-order valence-corrected chi connectivity index (χ3v) is 6.67. The number of nitrogens with one attached hydrogen (secondary N) is 1. The molecule has 0 aromatic heterocycles. The first kappa shape index (κ1) is 21.9. The van der Waals surface area contributed by atoms with Gasteiger partial charge in [0, 0.05) is 11.6 Å². The summed E-state index contributed by atoms with van der Waals surface area (Å²) in [5.74, 6) is 0.744. The quantitative estimate of drug-likeness (QED) is 0.692. The lowest BCUT2D eigenvalue weighted by Crippen LogP contribution is -2.41. The Morgan fingerprint density at radius 3 is 2.35 bits per heavy atom. The predicted molar refractivity (Wildman–Crippen MR) is 122 cm³/mol. The van der Waals surface area contributed by atoms with Gasteiger partial charge in [-0.05, 0) is 64.1 Å². The van der Waals surface area contributed by atoms with Gasteiger partial charge in [0.15, 0.2) is 0 Å². The minimum Gasteiger partial charge on any atom is -0.489 e. The van der Waals surface area contributed by atoms with Gasteiger partial charge >= 0.3 is 7.12 Å². The number of hydrogen-bond acceptors (Lipinski definition) is 4. The van der Waals surface area contributed by atoms with Crippen LogP contribution in [0.1, 0.15) is 58.1 Å². The van der Waals surface area contributed by atoms with Crippen LogP contribution in [-0.4, -0.2) is 30.3 Å². The van der Waals surface area contributed by atoms with E-state index in [9.17, 15) is 4.79 Å². The molecule has 1 saturated heterocycles. The molecule has 2 aromatic carbocycles. The van der Waals surface area contributed by atoms with Crippen molar-refractivity contribution in [2.45, 2.75) is 77.2 Å². The van der Waals surface area contributed by atoms with Gasteiger partial charge in [0.1, 0.15) is 12.4 Å². The average Bonchev–Trinajstić information content (AvgIpc) is 2.92. The number of rotatable bonds is 7. The van der Waals surface area contributed by atoms with Crippen molar-refractivity contribution in [3.63, 3.8) is 0 Å². The predicted octanol–water partition coefficient (Wildman–Crippen LogP) is 3.78. The van der Waals surface area contributed by atoms with Crippen molar-refractivity contribution in [2.75, 3.05) is 0 Å². The molecule has 1 aliphatic carbocycles. The van der Waals surface area contributed by atoms with Crippen molar-refractivity contribution in [1.82, 2.24) is 5.32 Å². The van der Waals surface area contributed by atoms with Gasteiger partial charge in [0.25, 0.3) is 0 Å². The van der Waals surface area contributed by atoms with Crippen molar-refractivity contribution in [3.05, 3.63) is 59.7 Å². The monoisotopic (exact) mass is 421 g/mol. The first-order valence-corrected chi connectivity index (χ1v) is 11.2. The summed E-state index contributed by atoms with van der Waals surface area (Å²) in [5, 5.41) is 3.12. The van der Waals surface area contributed by atoms with Crippen LogP contribution in [0.25, 0.3) is 0 Å². The molecule has 0 bridgehead atoms. The highest BCUT2D eigenvalue weighted by atomic mass is 16.7. The maximum atomic E-state index is 12.7. The molecule has 1 amide bonds. The Morgan fingerprint density at radius 1 is 1.06 bits per heavy atom. The second-order valence-electron chi connectivity index (χ2n) is 9.60. The number of benzene rings is 2. The lowest BCUT2D eigenvalue weighted by atomic mass is 9.78. The highest BCUT2D eigenvalue weighted by Crippen LogP contribution is 2.36. The van der Waals surface area contributed by atoms with Gasteiger partial charge in [-0.15, -0.1) is 0 Å². The fraction of sp³-hybridized carbons (Fsp3) is 0.480. The van der Waals surface area contributed by atoms with Crippen LogP contribution in [0, 0.1) is 0 Å². The molecule has 164 valence electrons. The van der Waals surface area contributed by atoms with Crippen molar-refractivity contribution in [2.24, 2.45) is 0 Å². The molecule has 2 aromatic rings. The third-order valence-electron chi connectivity index (χ3n) is 6.67. The number of carbonyl (C=O) groups excluding carboxylic acids is 1. The Morgan fingerprint density at radius 2 is 1.74 bits per heavy atom. The van der Waals surface area contributed by atoms with Crippen LogP contribution in [-0.2, 0) is 27.1 Å². The third kappa shape index (κ3) is 4.96. The number of carbonyl (C=O) groups is 1. The topological polar surface area (TPSA) is 56.8 Å². The van der Waals surface area contributed by atoms with E-state index in [0.29, 0.717) is 18.4 Å². The van der Waals surface area contributed by atoms with Gasteiger partial charge < -0.3 is 19.4 Å². The lowest BCUT2D eigenvalue weighted by Gasteiger charge is -2.32. The summed E-state index contributed by atoms with van der Waals surface area (Å²) in [6, 6.07) is 16.2. The number of hydrogen-bond donors (Lipinski definition) is 1. The van der Waals surface area contributed by atoms with Crippen molar-refractivity contribution < 1.29 is 18.8 Å². The summed E-state index contributed by atoms with van der Waals surface area (Å²) in [6.07, 6.45) is 3.59. The van der Waals surface area contributed by atoms with Crippen LogP contribution in [0.5, 0.6) is 5.75 Å². The standard InChI is InChI=1S/C25H32BNO4/c1-24(2)25(3,4)31-26(30-24)20-13-14-22(29-17-18-9-6-5-7-10-18)19(15-20)16-23(28)27-21-11-8-12-21/h5-7,9-10,13-15,21H,8,11-12,16-17H2,1-4H3,(H,27,28).